The minimum absolute atomic E-state index is 0.0209. The van der Waals surface area contributed by atoms with Crippen LogP contribution < -0.4 is 5.32 Å². The lowest BCUT2D eigenvalue weighted by atomic mass is 10.2. The Morgan fingerprint density at radius 2 is 2.33 bits per heavy atom. The number of carbonyl (C=O) groups excluding carboxylic acids is 2. The Morgan fingerprint density at radius 1 is 1.53 bits per heavy atom. The van der Waals surface area contributed by atoms with Gasteiger partial charge in [0.05, 0.1) is 6.54 Å². The summed E-state index contributed by atoms with van der Waals surface area (Å²) in [5.74, 6) is 1.63. The molecule has 0 saturated carbocycles. The summed E-state index contributed by atoms with van der Waals surface area (Å²) in [6.07, 6.45) is 0. The van der Waals surface area contributed by atoms with Crippen LogP contribution in [-0.2, 0) is 9.59 Å². The van der Waals surface area contributed by atoms with E-state index in [4.69, 9.17) is 0 Å². The van der Waals surface area contributed by atoms with Crippen LogP contribution in [0, 0.1) is 0 Å². The van der Waals surface area contributed by atoms with Crippen molar-refractivity contribution in [2.75, 3.05) is 24.6 Å². The van der Waals surface area contributed by atoms with Crippen LogP contribution in [0.15, 0.2) is 0 Å². The molecule has 84 valence electrons. The van der Waals surface area contributed by atoms with E-state index < -0.39 is 0 Å². The third-order valence-corrected chi connectivity index (χ3v) is 4.57. The summed E-state index contributed by atoms with van der Waals surface area (Å²) < 4.78 is 1.86. The van der Waals surface area contributed by atoms with Gasteiger partial charge in [-0.1, -0.05) is 0 Å². The predicted molar refractivity (Wildman–Crippen MR) is 60.9 cm³/mol. The standard InChI is InChI=1S/C8H13N3O2S2/c1-6(12)7-5-15-11-10(7)8(13)4-9-2-3-14-11/h7,9H,2-5H2,1H3. The molecule has 0 aromatic rings. The molecule has 1 atom stereocenters. The van der Waals surface area contributed by atoms with Crippen molar-refractivity contribution in [3.8, 4) is 0 Å². The van der Waals surface area contributed by atoms with Crippen molar-refractivity contribution in [3.05, 3.63) is 0 Å². The number of nitrogens with zero attached hydrogens (tertiary/aromatic N) is 2. The second-order valence-electron chi connectivity index (χ2n) is 3.41. The number of amides is 1. The average molecular weight is 247 g/mol. The van der Waals surface area contributed by atoms with Crippen molar-refractivity contribution in [2.24, 2.45) is 0 Å². The molecule has 0 aromatic carbocycles. The Bertz CT molecular complexity index is 287. The molecule has 2 rings (SSSR count). The van der Waals surface area contributed by atoms with Crippen LogP contribution in [0.2, 0.25) is 0 Å². The van der Waals surface area contributed by atoms with Gasteiger partial charge in [-0.25, -0.2) is 5.01 Å². The van der Waals surface area contributed by atoms with E-state index in [-0.39, 0.29) is 17.7 Å². The van der Waals surface area contributed by atoms with Crippen LogP contribution >= 0.6 is 23.9 Å². The third-order valence-electron chi connectivity index (χ3n) is 2.30. The topological polar surface area (TPSA) is 52.7 Å². The van der Waals surface area contributed by atoms with Gasteiger partial charge in [-0.3, -0.25) is 9.59 Å². The second kappa shape index (κ2) is 4.73. The van der Waals surface area contributed by atoms with Gasteiger partial charge in [0.25, 0.3) is 5.91 Å². The smallest absolute Gasteiger partial charge is 0.252 e. The third kappa shape index (κ3) is 2.30. The number of rotatable bonds is 1. The first kappa shape index (κ1) is 11.3. The number of Topliss-reactive ketones (excluding diaryl/α,β-unsaturated/α-hetero) is 1. The van der Waals surface area contributed by atoms with Crippen LogP contribution in [-0.4, -0.2) is 51.2 Å². The Balaban J connectivity index is 2.15. The van der Waals surface area contributed by atoms with Crippen molar-refractivity contribution in [3.63, 3.8) is 0 Å². The number of hydrazine groups is 1. The largest absolute Gasteiger partial charge is 0.307 e. The van der Waals surface area contributed by atoms with E-state index >= 15 is 0 Å². The average Bonchev–Trinajstić information content (AvgIpc) is 2.57. The number of carbonyl (C=O) groups is 2. The zero-order chi connectivity index (χ0) is 10.8. The zero-order valence-electron chi connectivity index (χ0n) is 8.43. The van der Waals surface area contributed by atoms with Gasteiger partial charge in [0.2, 0.25) is 0 Å². The molecule has 1 unspecified atom stereocenters. The number of nitrogens with one attached hydrogen (secondary N) is 1. The van der Waals surface area contributed by atoms with Gasteiger partial charge in [-0.05, 0) is 30.8 Å². The molecule has 2 saturated heterocycles. The molecule has 0 radical (unpaired) electrons. The highest BCUT2D eigenvalue weighted by Crippen LogP contribution is 2.34. The van der Waals surface area contributed by atoms with Crippen LogP contribution in [0.4, 0.5) is 0 Å². The Labute approximate surface area is 97.2 Å². The highest BCUT2D eigenvalue weighted by molar-refractivity contribution is 8.12. The lowest BCUT2D eigenvalue weighted by Gasteiger charge is -2.30. The van der Waals surface area contributed by atoms with Gasteiger partial charge in [-0.15, -0.1) is 3.82 Å². The molecule has 0 bridgehead atoms. The molecule has 15 heavy (non-hydrogen) atoms. The maximum atomic E-state index is 11.8. The molecule has 0 aromatic heterocycles. The molecule has 1 N–H and O–H groups in total. The van der Waals surface area contributed by atoms with Crippen molar-refractivity contribution in [1.82, 2.24) is 14.1 Å². The maximum Gasteiger partial charge on any atom is 0.252 e. The monoisotopic (exact) mass is 247 g/mol. The number of hydrogen-bond acceptors (Lipinski definition) is 6. The molecular weight excluding hydrogens is 234 g/mol. The highest BCUT2D eigenvalue weighted by Gasteiger charge is 2.39. The molecule has 1 amide bonds. The normalized spacial score (nSPS) is 28.5. The van der Waals surface area contributed by atoms with Crippen LogP contribution in [0.5, 0.6) is 0 Å². The first-order valence-corrected chi connectivity index (χ1v) is 6.68. The molecular formula is C8H13N3O2S2. The highest BCUT2D eigenvalue weighted by atomic mass is 32.2. The van der Waals surface area contributed by atoms with Crippen LogP contribution in [0.3, 0.4) is 0 Å². The van der Waals surface area contributed by atoms with Gasteiger partial charge < -0.3 is 5.32 Å². The first-order chi connectivity index (χ1) is 7.20. The second-order valence-corrected chi connectivity index (χ2v) is 5.59. The summed E-state index contributed by atoms with van der Waals surface area (Å²) in [5, 5.41) is 4.64. The molecule has 2 aliphatic heterocycles. The number of hydrogen-bond donors (Lipinski definition) is 1. The van der Waals surface area contributed by atoms with E-state index in [2.05, 4.69) is 5.32 Å². The molecule has 2 aliphatic rings. The van der Waals surface area contributed by atoms with Gasteiger partial charge in [0.15, 0.2) is 5.78 Å². The van der Waals surface area contributed by atoms with Gasteiger partial charge in [0, 0.05) is 18.1 Å². The minimum atomic E-state index is -0.283. The first-order valence-electron chi connectivity index (χ1n) is 4.79. The van der Waals surface area contributed by atoms with Crippen molar-refractivity contribution in [1.29, 1.82) is 0 Å². The lowest BCUT2D eigenvalue weighted by Crippen LogP contribution is -2.50. The number of ketones is 1. The molecule has 0 aliphatic carbocycles. The quantitative estimate of drug-likeness (QED) is 0.653. The maximum absolute atomic E-state index is 11.8. The summed E-state index contributed by atoms with van der Waals surface area (Å²) in [6.45, 7) is 2.69. The van der Waals surface area contributed by atoms with E-state index in [1.165, 1.54) is 0 Å². The fourth-order valence-corrected chi connectivity index (χ4v) is 3.91. The zero-order valence-corrected chi connectivity index (χ0v) is 10.1. The molecule has 2 heterocycles. The van der Waals surface area contributed by atoms with Crippen molar-refractivity contribution < 1.29 is 9.59 Å². The van der Waals surface area contributed by atoms with Crippen LogP contribution in [0.25, 0.3) is 0 Å². The Hall–Kier alpha value is -0.240. The van der Waals surface area contributed by atoms with E-state index in [0.29, 0.717) is 12.3 Å². The fraction of sp³-hybridized carbons (Fsp3) is 0.750. The molecule has 7 heteroatoms. The van der Waals surface area contributed by atoms with Crippen molar-refractivity contribution >= 4 is 35.6 Å². The van der Waals surface area contributed by atoms with E-state index in [1.807, 2.05) is 3.82 Å². The van der Waals surface area contributed by atoms with Gasteiger partial charge in [0.1, 0.15) is 6.04 Å². The molecule has 5 nitrogen and oxygen atoms in total. The van der Waals surface area contributed by atoms with E-state index in [1.54, 1.807) is 35.8 Å². The Morgan fingerprint density at radius 3 is 3.07 bits per heavy atom. The summed E-state index contributed by atoms with van der Waals surface area (Å²) in [6, 6.07) is -0.283. The molecule has 0 spiro atoms. The van der Waals surface area contributed by atoms with Crippen LogP contribution in [0.1, 0.15) is 6.92 Å². The van der Waals surface area contributed by atoms with E-state index in [9.17, 15) is 9.59 Å². The Kier molecular flexibility index (Phi) is 3.55. The summed E-state index contributed by atoms with van der Waals surface area (Å²) >= 11 is 3.12. The summed E-state index contributed by atoms with van der Waals surface area (Å²) in [5.41, 5.74) is 0. The van der Waals surface area contributed by atoms with E-state index in [0.717, 1.165) is 12.3 Å². The summed E-state index contributed by atoms with van der Waals surface area (Å²) in [4.78, 5) is 23.2. The van der Waals surface area contributed by atoms with Crippen molar-refractivity contribution in [2.45, 2.75) is 13.0 Å². The summed E-state index contributed by atoms with van der Waals surface area (Å²) in [7, 11) is 0. The number of fused-ring (bicyclic) bond motifs is 1. The predicted octanol–water partition coefficient (Wildman–Crippen LogP) is -0.0972. The van der Waals surface area contributed by atoms with Gasteiger partial charge >= 0.3 is 0 Å². The lowest BCUT2D eigenvalue weighted by molar-refractivity contribution is -0.142. The molecule has 2 fully saturated rings. The van der Waals surface area contributed by atoms with Gasteiger partial charge in [-0.2, -0.15) is 0 Å². The fourth-order valence-electron chi connectivity index (χ4n) is 1.51. The SMILES string of the molecule is CC(=O)C1CSN2SCCNCC(=O)N12. The minimum Gasteiger partial charge on any atom is -0.307 e.